The van der Waals surface area contributed by atoms with E-state index >= 15 is 0 Å². The molecule has 1 heterocycles. The van der Waals surface area contributed by atoms with Crippen LogP contribution in [0.25, 0.3) is 21.7 Å². The first kappa shape index (κ1) is 12.4. The molecule has 0 aliphatic rings. The van der Waals surface area contributed by atoms with Gasteiger partial charge in [0.2, 0.25) is 0 Å². The van der Waals surface area contributed by atoms with Crippen molar-refractivity contribution in [3.63, 3.8) is 0 Å². The van der Waals surface area contributed by atoms with Gasteiger partial charge in [-0.15, -0.1) is 0 Å². The van der Waals surface area contributed by atoms with Gasteiger partial charge in [-0.2, -0.15) is 0 Å². The van der Waals surface area contributed by atoms with Crippen molar-refractivity contribution in [1.82, 2.24) is 4.98 Å². The fourth-order valence-electron chi connectivity index (χ4n) is 2.55. The molecule has 3 aromatic carbocycles. The standard InChI is InChI=1S/C19H13NS/c1-2-8-14(9-3-1)21-19-17-12-5-4-10-15(17)16-11-6-7-13-18(16)20-19/h1-13H. The van der Waals surface area contributed by atoms with Crippen molar-refractivity contribution < 1.29 is 0 Å². The zero-order chi connectivity index (χ0) is 14.1. The van der Waals surface area contributed by atoms with Crippen LogP contribution in [-0.4, -0.2) is 4.98 Å². The number of fused-ring (bicyclic) bond motifs is 3. The fourth-order valence-corrected chi connectivity index (χ4v) is 3.50. The number of para-hydroxylation sites is 1. The van der Waals surface area contributed by atoms with Crippen molar-refractivity contribution in [1.29, 1.82) is 0 Å². The van der Waals surface area contributed by atoms with Crippen molar-refractivity contribution in [3.05, 3.63) is 78.9 Å². The predicted octanol–water partition coefficient (Wildman–Crippen LogP) is 5.54. The highest BCUT2D eigenvalue weighted by atomic mass is 32.2. The number of aromatic nitrogens is 1. The van der Waals surface area contributed by atoms with Crippen LogP contribution >= 0.6 is 11.8 Å². The molecule has 0 unspecified atom stereocenters. The molecule has 0 N–H and O–H groups in total. The van der Waals surface area contributed by atoms with Crippen LogP contribution < -0.4 is 0 Å². The third-order valence-electron chi connectivity index (χ3n) is 3.53. The second-order valence-corrected chi connectivity index (χ2v) is 5.96. The smallest absolute Gasteiger partial charge is 0.109 e. The van der Waals surface area contributed by atoms with Gasteiger partial charge in [-0.05, 0) is 23.6 Å². The van der Waals surface area contributed by atoms with E-state index in [2.05, 4.69) is 66.7 Å². The van der Waals surface area contributed by atoms with Crippen LogP contribution in [-0.2, 0) is 0 Å². The molecule has 0 spiro atoms. The number of benzene rings is 3. The molecule has 4 rings (SSSR count). The van der Waals surface area contributed by atoms with Crippen molar-refractivity contribution in [2.24, 2.45) is 0 Å². The van der Waals surface area contributed by atoms with Crippen LogP contribution in [0.2, 0.25) is 0 Å². The van der Waals surface area contributed by atoms with Gasteiger partial charge in [-0.1, -0.05) is 72.4 Å². The molecule has 0 saturated heterocycles. The molecule has 0 radical (unpaired) electrons. The Balaban J connectivity index is 1.98. The van der Waals surface area contributed by atoms with Gasteiger partial charge in [0, 0.05) is 15.7 Å². The maximum Gasteiger partial charge on any atom is 0.109 e. The Morgan fingerprint density at radius 3 is 2.00 bits per heavy atom. The minimum absolute atomic E-state index is 1.05. The third-order valence-corrected chi connectivity index (χ3v) is 4.54. The predicted molar refractivity (Wildman–Crippen MR) is 89.8 cm³/mol. The van der Waals surface area contributed by atoms with Gasteiger partial charge in [0.25, 0.3) is 0 Å². The lowest BCUT2D eigenvalue weighted by Crippen LogP contribution is -1.87. The summed E-state index contributed by atoms with van der Waals surface area (Å²) in [6, 6.07) is 27.2. The maximum absolute atomic E-state index is 4.86. The van der Waals surface area contributed by atoms with Gasteiger partial charge in [-0.3, -0.25) is 0 Å². The van der Waals surface area contributed by atoms with Crippen molar-refractivity contribution >= 4 is 33.4 Å². The number of pyridine rings is 1. The summed E-state index contributed by atoms with van der Waals surface area (Å²) < 4.78 is 0. The average Bonchev–Trinajstić information content (AvgIpc) is 2.56. The van der Waals surface area contributed by atoms with Gasteiger partial charge in [0.1, 0.15) is 5.03 Å². The highest BCUT2D eigenvalue weighted by Gasteiger charge is 2.08. The molecular formula is C19H13NS. The van der Waals surface area contributed by atoms with E-state index in [-0.39, 0.29) is 0 Å². The summed E-state index contributed by atoms with van der Waals surface area (Å²) in [7, 11) is 0. The summed E-state index contributed by atoms with van der Waals surface area (Å²) in [5, 5.41) is 4.76. The largest absolute Gasteiger partial charge is 0.240 e. The van der Waals surface area contributed by atoms with Gasteiger partial charge >= 0.3 is 0 Å². The van der Waals surface area contributed by atoms with E-state index < -0.39 is 0 Å². The first-order valence-corrected chi connectivity index (χ1v) is 7.74. The third kappa shape index (κ3) is 2.28. The normalized spacial score (nSPS) is 11.0. The quantitative estimate of drug-likeness (QED) is 0.449. The highest BCUT2D eigenvalue weighted by molar-refractivity contribution is 7.99. The molecule has 4 aromatic rings. The molecule has 0 fully saturated rings. The topological polar surface area (TPSA) is 12.9 Å². The molecule has 2 heteroatoms. The van der Waals surface area contributed by atoms with Crippen LogP contribution in [0.15, 0.2) is 88.8 Å². The van der Waals surface area contributed by atoms with Crippen LogP contribution in [0, 0.1) is 0 Å². The molecular weight excluding hydrogens is 274 g/mol. The van der Waals surface area contributed by atoms with Crippen LogP contribution in [0.4, 0.5) is 0 Å². The Labute approximate surface area is 127 Å². The number of hydrogen-bond acceptors (Lipinski definition) is 2. The summed E-state index contributed by atoms with van der Waals surface area (Å²) in [5.74, 6) is 0. The van der Waals surface area contributed by atoms with Crippen LogP contribution in [0.1, 0.15) is 0 Å². The Bertz CT molecular complexity index is 916. The van der Waals surface area contributed by atoms with Crippen molar-refractivity contribution in [3.8, 4) is 0 Å². The molecule has 1 aromatic heterocycles. The van der Waals surface area contributed by atoms with E-state index in [9.17, 15) is 0 Å². The fraction of sp³-hybridized carbons (Fsp3) is 0. The van der Waals surface area contributed by atoms with E-state index in [0.29, 0.717) is 0 Å². The van der Waals surface area contributed by atoms with E-state index in [0.717, 1.165) is 10.5 Å². The van der Waals surface area contributed by atoms with E-state index in [1.807, 2.05) is 12.1 Å². The van der Waals surface area contributed by atoms with Crippen molar-refractivity contribution in [2.75, 3.05) is 0 Å². The average molecular weight is 287 g/mol. The van der Waals surface area contributed by atoms with Crippen LogP contribution in [0.5, 0.6) is 0 Å². The van der Waals surface area contributed by atoms with E-state index in [1.54, 1.807) is 11.8 Å². The van der Waals surface area contributed by atoms with Gasteiger partial charge in [0.05, 0.1) is 5.52 Å². The molecule has 0 aliphatic heterocycles. The van der Waals surface area contributed by atoms with Gasteiger partial charge in [-0.25, -0.2) is 4.98 Å². The molecule has 0 atom stereocenters. The number of hydrogen-bond donors (Lipinski definition) is 0. The molecule has 0 saturated carbocycles. The van der Waals surface area contributed by atoms with Crippen molar-refractivity contribution in [2.45, 2.75) is 9.92 Å². The molecule has 21 heavy (non-hydrogen) atoms. The lowest BCUT2D eigenvalue weighted by atomic mass is 10.1. The first-order chi connectivity index (χ1) is 10.4. The Morgan fingerprint density at radius 1 is 0.571 bits per heavy atom. The first-order valence-electron chi connectivity index (χ1n) is 6.92. The van der Waals surface area contributed by atoms with Gasteiger partial charge < -0.3 is 0 Å². The zero-order valence-electron chi connectivity index (χ0n) is 11.4. The van der Waals surface area contributed by atoms with Gasteiger partial charge in [0.15, 0.2) is 0 Å². The minimum Gasteiger partial charge on any atom is -0.240 e. The Kier molecular flexibility index (Phi) is 3.09. The second kappa shape index (κ2) is 5.23. The molecule has 0 amide bonds. The lowest BCUT2D eigenvalue weighted by molar-refractivity contribution is 1.23. The Morgan fingerprint density at radius 2 is 1.19 bits per heavy atom. The summed E-state index contributed by atoms with van der Waals surface area (Å²) >= 11 is 1.72. The summed E-state index contributed by atoms with van der Waals surface area (Å²) in [6.45, 7) is 0. The molecule has 100 valence electrons. The lowest BCUT2D eigenvalue weighted by Gasteiger charge is -2.09. The SMILES string of the molecule is c1ccc(Sc2nc3ccccc3c3ccccc23)cc1. The number of rotatable bonds is 2. The monoisotopic (exact) mass is 287 g/mol. The van der Waals surface area contributed by atoms with E-state index in [1.165, 1.54) is 21.1 Å². The number of nitrogens with zero attached hydrogens (tertiary/aromatic N) is 1. The Hall–Kier alpha value is -2.32. The second-order valence-electron chi connectivity index (χ2n) is 4.89. The van der Waals surface area contributed by atoms with Crippen LogP contribution in [0.3, 0.4) is 0 Å². The van der Waals surface area contributed by atoms with E-state index in [4.69, 9.17) is 4.98 Å². The summed E-state index contributed by atoms with van der Waals surface area (Å²) in [6.07, 6.45) is 0. The summed E-state index contributed by atoms with van der Waals surface area (Å²) in [4.78, 5) is 6.07. The highest BCUT2D eigenvalue weighted by Crippen LogP contribution is 2.35. The maximum atomic E-state index is 4.86. The molecule has 1 nitrogen and oxygen atoms in total. The molecule has 0 bridgehead atoms. The minimum atomic E-state index is 1.05. The summed E-state index contributed by atoms with van der Waals surface area (Å²) in [5.41, 5.74) is 1.05. The zero-order valence-corrected chi connectivity index (χ0v) is 12.2. The molecule has 0 aliphatic carbocycles.